The quantitative estimate of drug-likeness (QED) is 0.399. The topological polar surface area (TPSA) is 67.5 Å². The lowest BCUT2D eigenvalue weighted by molar-refractivity contribution is 0.0125. The first-order chi connectivity index (χ1) is 14.1. The summed E-state index contributed by atoms with van der Waals surface area (Å²) in [5, 5.41) is 20.1. The Hall–Kier alpha value is -2.67. The third-order valence-electron chi connectivity index (χ3n) is 4.68. The highest BCUT2D eigenvalue weighted by atomic mass is 32.1. The number of nitrogens with zero attached hydrogens (tertiary/aromatic N) is 1. The zero-order chi connectivity index (χ0) is 20.1. The van der Waals surface area contributed by atoms with Gasteiger partial charge in [0.15, 0.2) is 5.58 Å². The fourth-order valence-corrected chi connectivity index (χ4v) is 3.94. The maximum absolute atomic E-state index is 10.6. The lowest BCUT2D eigenvalue weighted by atomic mass is 10.1. The molecule has 0 amide bonds. The van der Waals surface area contributed by atoms with E-state index in [-0.39, 0.29) is 6.61 Å². The van der Waals surface area contributed by atoms with Gasteiger partial charge in [0.25, 0.3) is 0 Å². The van der Waals surface area contributed by atoms with Crippen LogP contribution in [0, 0.1) is 0 Å². The van der Waals surface area contributed by atoms with Gasteiger partial charge in [-0.05, 0) is 49.0 Å². The van der Waals surface area contributed by atoms with Crippen molar-refractivity contribution in [3.8, 4) is 17.0 Å². The predicted molar refractivity (Wildman–Crippen MR) is 116 cm³/mol. The predicted octanol–water partition coefficient (Wildman–Crippen LogP) is 4.52. The molecule has 4 aromatic rings. The van der Waals surface area contributed by atoms with Gasteiger partial charge in [-0.15, -0.1) is 11.3 Å². The lowest BCUT2D eigenvalue weighted by Crippen LogP contribution is -2.43. The molecular formula is C23H24N2O3S. The van der Waals surface area contributed by atoms with Crippen LogP contribution in [0.2, 0.25) is 0 Å². The second-order valence-corrected chi connectivity index (χ2v) is 8.29. The molecule has 2 aromatic carbocycles. The van der Waals surface area contributed by atoms with E-state index in [0.29, 0.717) is 12.3 Å². The van der Waals surface area contributed by atoms with Gasteiger partial charge in [-0.25, -0.2) is 0 Å². The molecule has 2 N–H and O–H groups in total. The maximum atomic E-state index is 10.6. The summed E-state index contributed by atoms with van der Waals surface area (Å²) in [6.07, 6.45) is 0.925. The number of hydrogen-bond donors (Lipinski definition) is 2. The van der Waals surface area contributed by atoms with Crippen LogP contribution in [0.1, 0.15) is 12.5 Å². The van der Waals surface area contributed by atoms with Gasteiger partial charge in [-0.1, -0.05) is 47.6 Å². The monoisotopic (exact) mass is 408 g/mol. The minimum absolute atomic E-state index is 0.196. The standard InChI is InChI=1S/C23H24N2O3S/c1-23(26,15-24-12-10-17-6-3-2-4-7-17)16-27-19-9-5-8-18(14-19)21-22-20(28-25-21)11-13-29-22/h2-9,11,13-14,24,26H,10,12,15-16H2,1H3/t23-/m0/s1. The normalized spacial score (nSPS) is 13.4. The highest BCUT2D eigenvalue weighted by Gasteiger charge is 2.21. The summed E-state index contributed by atoms with van der Waals surface area (Å²) in [6.45, 7) is 3.23. The molecule has 0 aliphatic carbocycles. The van der Waals surface area contributed by atoms with Gasteiger partial charge in [0.05, 0.1) is 0 Å². The lowest BCUT2D eigenvalue weighted by Gasteiger charge is -2.24. The Balaban J connectivity index is 1.30. The van der Waals surface area contributed by atoms with E-state index in [1.807, 2.05) is 53.9 Å². The number of aromatic nitrogens is 1. The van der Waals surface area contributed by atoms with Gasteiger partial charge in [0.2, 0.25) is 0 Å². The van der Waals surface area contributed by atoms with Gasteiger partial charge in [0, 0.05) is 12.1 Å². The number of benzene rings is 2. The zero-order valence-corrected chi connectivity index (χ0v) is 17.1. The number of hydrogen-bond acceptors (Lipinski definition) is 6. The van der Waals surface area contributed by atoms with Gasteiger partial charge in [-0.2, -0.15) is 0 Å². The third kappa shape index (κ3) is 5.03. The molecule has 150 valence electrons. The summed E-state index contributed by atoms with van der Waals surface area (Å²) < 4.78 is 12.3. The van der Waals surface area contributed by atoms with E-state index >= 15 is 0 Å². The van der Waals surface area contributed by atoms with Crippen LogP contribution in [0.4, 0.5) is 0 Å². The molecule has 0 fully saturated rings. The van der Waals surface area contributed by atoms with Gasteiger partial charge in [0.1, 0.15) is 28.4 Å². The number of thiophene rings is 1. The summed E-state index contributed by atoms with van der Waals surface area (Å²) in [6, 6.07) is 19.9. The molecule has 29 heavy (non-hydrogen) atoms. The maximum Gasteiger partial charge on any atom is 0.178 e. The molecule has 4 rings (SSSR count). The molecule has 0 radical (unpaired) electrons. The fourth-order valence-electron chi connectivity index (χ4n) is 3.12. The van der Waals surface area contributed by atoms with Crippen molar-refractivity contribution in [3.63, 3.8) is 0 Å². The van der Waals surface area contributed by atoms with Crippen LogP contribution in [0.25, 0.3) is 21.5 Å². The average Bonchev–Trinajstić information content (AvgIpc) is 3.35. The highest BCUT2D eigenvalue weighted by molar-refractivity contribution is 7.17. The molecule has 0 aliphatic heterocycles. The van der Waals surface area contributed by atoms with Crippen molar-refractivity contribution in [2.75, 3.05) is 19.7 Å². The Bertz CT molecular complexity index is 1060. The van der Waals surface area contributed by atoms with Crippen molar-refractivity contribution in [3.05, 3.63) is 71.6 Å². The van der Waals surface area contributed by atoms with E-state index in [2.05, 4.69) is 22.6 Å². The van der Waals surface area contributed by atoms with E-state index in [1.165, 1.54) is 5.56 Å². The van der Waals surface area contributed by atoms with E-state index in [1.54, 1.807) is 18.3 Å². The number of nitrogens with one attached hydrogen (secondary N) is 1. The molecule has 0 bridgehead atoms. The summed E-state index contributed by atoms with van der Waals surface area (Å²) in [5.74, 6) is 0.694. The number of rotatable bonds is 9. The number of fused-ring (bicyclic) bond motifs is 1. The van der Waals surface area contributed by atoms with Crippen molar-refractivity contribution in [2.24, 2.45) is 0 Å². The average molecular weight is 409 g/mol. The molecule has 0 saturated carbocycles. The first-order valence-electron chi connectivity index (χ1n) is 9.64. The molecule has 5 nitrogen and oxygen atoms in total. The minimum Gasteiger partial charge on any atom is -0.491 e. The van der Waals surface area contributed by atoms with Crippen LogP contribution in [0.15, 0.2) is 70.6 Å². The Morgan fingerprint density at radius 2 is 2.00 bits per heavy atom. The largest absolute Gasteiger partial charge is 0.491 e. The molecule has 2 heterocycles. The van der Waals surface area contributed by atoms with E-state index in [0.717, 1.165) is 34.5 Å². The van der Waals surface area contributed by atoms with Gasteiger partial charge in [-0.3, -0.25) is 0 Å². The highest BCUT2D eigenvalue weighted by Crippen LogP contribution is 2.33. The van der Waals surface area contributed by atoms with Crippen LogP contribution in [-0.4, -0.2) is 35.6 Å². The summed E-state index contributed by atoms with van der Waals surface area (Å²) >= 11 is 1.60. The molecule has 0 unspecified atom stereocenters. The van der Waals surface area contributed by atoms with E-state index in [9.17, 15) is 5.11 Å². The Kier molecular flexibility index (Phi) is 5.94. The summed E-state index contributed by atoms with van der Waals surface area (Å²) in [5.41, 5.74) is 2.85. The Morgan fingerprint density at radius 3 is 2.86 bits per heavy atom. The first-order valence-corrected chi connectivity index (χ1v) is 10.5. The SMILES string of the molecule is C[C@](O)(CNCCc1ccccc1)COc1cccc(-c2noc3ccsc23)c1. The van der Waals surface area contributed by atoms with E-state index in [4.69, 9.17) is 9.26 Å². The van der Waals surface area contributed by atoms with Crippen molar-refractivity contribution in [1.82, 2.24) is 10.5 Å². The zero-order valence-electron chi connectivity index (χ0n) is 16.3. The number of ether oxygens (including phenoxy) is 1. The van der Waals surface area contributed by atoms with Crippen molar-refractivity contribution >= 4 is 21.6 Å². The molecule has 2 aromatic heterocycles. The summed E-state index contributed by atoms with van der Waals surface area (Å²) in [7, 11) is 0. The Labute approximate surface area is 173 Å². The van der Waals surface area contributed by atoms with Crippen molar-refractivity contribution in [1.29, 1.82) is 0 Å². The molecule has 0 spiro atoms. The van der Waals surface area contributed by atoms with Crippen LogP contribution < -0.4 is 10.1 Å². The molecule has 6 heteroatoms. The van der Waals surface area contributed by atoms with Crippen LogP contribution in [-0.2, 0) is 6.42 Å². The van der Waals surface area contributed by atoms with Gasteiger partial charge < -0.3 is 19.7 Å². The summed E-state index contributed by atoms with van der Waals surface area (Å²) in [4.78, 5) is 0. The smallest absolute Gasteiger partial charge is 0.178 e. The fraction of sp³-hybridized carbons (Fsp3) is 0.261. The van der Waals surface area contributed by atoms with Crippen LogP contribution in [0.5, 0.6) is 5.75 Å². The molecule has 1 atom stereocenters. The third-order valence-corrected chi connectivity index (χ3v) is 5.58. The van der Waals surface area contributed by atoms with E-state index < -0.39 is 5.60 Å². The van der Waals surface area contributed by atoms with Crippen molar-refractivity contribution < 1.29 is 14.4 Å². The second-order valence-electron chi connectivity index (χ2n) is 7.37. The molecule has 0 saturated heterocycles. The van der Waals surface area contributed by atoms with Crippen LogP contribution >= 0.6 is 11.3 Å². The first kappa shape index (κ1) is 19.6. The molecular weight excluding hydrogens is 384 g/mol. The van der Waals surface area contributed by atoms with Gasteiger partial charge >= 0.3 is 0 Å². The second kappa shape index (κ2) is 8.78. The van der Waals surface area contributed by atoms with Crippen LogP contribution in [0.3, 0.4) is 0 Å². The van der Waals surface area contributed by atoms with Crippen molar-refractivity contribution in [2.45, 2.75) is 18.9 Å². The number of aliphatic hydroxyl groups is 1. The minimum atomic E-state index is -0.971. The molecule has 0 aliphatic rings. The Morgan fingerprint density at radius 1 is 1.14 bits per heavy atom.